The fraction of sp³-hybridized carbons (Fsp3) is 0.524. The Kier molecular flexibility index (Phi) is 6.45. The van der Waals surface area contributed by atoms with Crippen molar-refractivity contribution in [3.8, 4) is 5.69 Å². The quantitative estimate of drug-likeness (QED) is 0.758. The van der Waals surface area contributed by atoms with Crippen LogP contribution in [0.3, 0.4) is 0 Å². The zero-order valence-electron chi connectivity index (χ0n) is 17.5. The molecule has 4 rings (SSSR count). The SMILES string of the molecule is O=C(CN1CCCCC1C(=O)N1CCCC1)Nc1cc(C(F)(F)F)ccc1-n1cncn1. The highest BCUT2D eigenvalue weighted by atomic mass is 19.4. The van der Waals surface area contributed by atoms with E-state index in [9.17, 15) is 22.8 Å². The van der Waals surface area contributed by atoms with E-state index in [1.807, 2.05) is 9.80 Å². The second kappa shape index (κ2) is 9.27. The van der Waals surface area contributed by atoms with Gasteiger partial charge in [-0.25, -0.2) is 9.67 Å². The number of hydrogen-bond donors (Lipinski definition) is 1. The zero-order chi connectivity index (χ0) is 22.7. The molecule has 0 aliphatic carbocycles. The van der Waals surface area contributed by atoms with E-state index in [1.165, 1.54) is 23.4 Å². The highest BCUT2D eigenvalue weighted by Crippen LogP contribution is 2.33. The van der Waals surface area contributed by atoms with Crippen molar-refractivity contribution < 1.29 is 22.8 Å². The van der Waals surface area contributed by atoms with Crippen molar-refractivity contribution in [3.05, 3.63) is 36.4 Å². The smallest absolute Gasteiger partial charge is 0.341 e. The lowest BCUT2D eigenvalue weighted by molar-refractivity contribution is -0.138. The summed E-state index contributed by atoms with van der Waals surface area (Å²) in [6, 6.07) is 2.69. The van der Waals surface area contributed by atoms with Gasteiger partial charge in [0.15, 0.2) is 0 Å². The summed E-state index contributed by atoms with van der Waals surface area (Å²) in [5, 5.41) is 6.55. The highest BCUT2D eigenvalue weighted by molar-refractivity contribution is 5.95. The van der Waals surface area contributed by atoms with Gasteiger partial charge in [-0.15, -0.1) is 0 Å². The first-order valence-corrected chi connectivity index (χ1v) is 10.7. The Labute approximate surface area is 183 Å². The lowest BCUT2D eigenvalue weighted by atomic mass is 10.0. The molecule has 1 N–H and O–H groups in total. The number of nitrogens with one attached hydrogen (secondary N) is 1. The van der Waals surface area contributed by atoms with Gasteiger partial charge in [-0.05, 0) is 50.4 Å². The molecule has 11 heteroatoms. The van der Waals surface area contributed by atoms with Crippen LogP contribution in [-0.2, 0) is 15.8 Å². The lowest BCUT2D eigenvalue weighted by Crippen LogP contribution is -2.52. The van der Waals surface area contributed by atoms with E-state index in [0.717, 1.165) is 50.9 Å². The number of carbonyl (C=O) groups excluding carboxylic acids is 2. The molecule has 0 saturated carbocycles. The second-order valence-corrected chi connectivity index (χ2v) is 8.13. The summed E-state index contributed by atoms with van der Waals surface area (Å²) in [5.74, 6) is -0.441. The third kappa shape index (κ3) is 4.93. The minimum Gasteiger partial charge on any atom is -0.341 e. The molecule has 8 nitrogen and oxygen atoms in total. The van der Waals surface area contributed by atoms with Crippen molar-refractivity contribution >= 4 is 17.5 Å². The maximum Gasteiger partial charge on any atom is 0.416 e. The van der Waals surface area contributed by atoms with Crippen LogP contribution in [0.4, 0.5) is 18.9 Å². The number of carbonyl (C=O) groups is 2. The highest BCUT2D eigenvalue weighted by Gasteiger charge is 2.34. The van der Waals surface area contributed by atoms with Crippen LogP contribution >= 0.6 is 0 Å². The molecule has 1 aromatic carbocycles. The fourth-order valence-corrected chi connectivity index (χ4v) is 4.33. The molecule has 1 unspecified atom stereocenters. The number of amides is 2. The summed E-state index contributed by atoms with van der Waals surface area (Å²) in [6.45, 7) is 2.00. The van der Waals surface area contributed by atoms with Crippen LogP contribution in [0, 0.1) is 0 Å². The molecule has 1 aromatic heterocycles. The van der Waals surface area contributed by atoms with E-state index < -0.39 is 17.6 Å². The number of aromatic nitrogens is 3. The first-order chi connectivity index (χ1) is 15.3. The summed E-state index contributed by atoms with van der Waals surface area (Å²) in [6.07, 6.45) is 2.46. The van der Waals surface area contributed by atoms with Gasteiger partial charge in [-0.1, -0.05) is 6.42 Å². The molecular formula is C21H25F3N6O2. The Bertz CT molecular complexity index is 957. The van der Waals surface area contributed by atoms with Crippen LogP contribution in [0.15, 0.2) is 30.9 Å². The topological polar surface area (TPSA) is 83.4 Å². The van der Waals surface area contributed by atoms with Gasteiger partial charge in [0.1, 0.15) is 12.7 Å². The van der Waals surface area contributed by atoms with Crippen LogP contribution in [0.1, 0.15) is 37.7 Å². The Morgan fingerprint density at radius 3 is 2.53 bits per heavy atom. The van der Waals surface area contributed by atoms with E-state index in [2.05, 4.69) is 15.4 Å². The van der Waals surface area contributed by atoms with Crippen molar-refractivity contribution in [2.75, 3.05) is 31.5 Å². The van der Waals surface area contributed by atoms with Crippen molar-refractivity contribution in [1.29, 1.82) is 0 Å². The molecule has 0 spiro atoms. The summed E-state index contributed by atoms with van der Waals surface area (Å²) >= 11 is 0. The number of likely N-dealkylation sites (tertiary alicyclic amines) is 2. The van der Waals surface area contributed by atoms with Crippen molar-refractivity contribution in [2.45, 2.75) is 44.3 Å². The molecule has 0 radical (unpaired) electrons. The zero-order valence-corrected chi connectivity index (χ0v) is 17.5. The molecule has 2 fully saturated rings. The van der Waals surface area contributed by atoms with Crippen LogP contribution in [0.5, 0.6) is 0 Å². The minimum atomic E-state index is -4.56. The molecule has 32 heavy (non-hydrogen) atoms. The van der Waals surface area contributed by atoms with Crippen LogP contribution in [-0.4, -0.2) is 68.6 Å². The monoisotopic (exact) mass is 450 g/mol. The third-order valence-electron chi connectivity index (χ3n) is 5.93. The van der Waals surface area contributed by atoms with Gasteiger partial charge in [0.25, 0.3) is 0 Å². The molecule has 0 bridgehead atoms. The predicted molar refractivity (Wildman–Crippen MR) is 110 cm³/mol. The normalized spacial score (nSPS) is 19.8. The Morgan fingerprint density at radius 2 is 1.84 bits per heavy atom. The lowest BCUT2D eigenvalue weighted by Gasteiger charge is -2.36. The van der Waals surface area contributed by atoms with Gasteiger partial charge >= 0.3 is 6.18 Å². The van der Waals surface area contributed by atoms with Gasteiger partial charge in [0.05, 0.1) is 29.5 Å². The largest absolute Gasteiger partial charge is 0.416 e. The van der Waals surface area contributed by atoms with E-state index in [-0.39, 0.29) is 29.9 Å². The van der Waals surface area contributed by atoms with Crippen LogP contribution < -0.4 is 5.32 Å². The van der Waals surface area contributed by atoms with Crippen molar-refractivity contribution in [3.63, 3.8) is 0 Å². The first-order valence-electron chi connectivity index (χ1n) is 10.7. The maximum absolute atomic E-state index is 13.2. The number of anilines is 1. The number of rotatable bonds is 5. The Morgan fingerprint density at radius 1 is 1.09 bits per heavy atom. The molecule has 1 atom stereocenters. The molecule has 2 aromatic rings. The number of hydrogen-bond acceptors (Lipinski definition) is 5. The standard InChI is InChI=1S/C21H25F3N6O2/c22-21(23,24)15-6-7-17(30-14-25-13-26-30)16(11-15)27-19(31)12-29-10-2-1-5-18(29)20(32)28-8-3-4-9-28/h6-7,11,13-14,18H,1-5,8-10,12H2,(H,27,31). The molecule has 2 amide bonds. The average molecular weight is 450 g/mol. The fourth-order valence-electron chi connectivity index (χ4n) is 4.33. The Balaban J connectivity index is 1.51. The average Bonchev–Trinajstić information content (AvgIpc) is 3.47. The van der Waals surface area contributed by atoms with E-state index in [1.54, 1.807) is 0 Å². The molecule has 2 saturated heterocycles. The minimum absolute atomic E-state index is 0.0187. The van der Waals surface area contributed by atoms with Gasteiger partial charge in [-0.3, -0.25) is 14.5 Å². The number of alkyl halides is 3. The van der Waals surface area contributed by atoms with E-state index in [0.29, 0.717) is 13.0 Å². The molecule has 2 aliphatic heterocycles. The predicted octanol–water partition coefficient (Wildman–Crippen LogP) is 2.70. The molecule has 172 valence electrons. The number of benzene rings is 1. The maximum atomic E-state index is 13.2. The first kappa shape index (κ1) is 22.3. The van der Waals surface area contributed by atoms with E-state index in [4.69, 9.17) is 0 Å². The van der Waals surface area contributed by atoms with Gasteiger partial charge in [0.2, 0.25) is 11.8 Å². The Hall–Kier alpha value is -2.95. The molecule has 2 aliphatic rings. The van der Waals surface area contributed by atoms with Gasteiger partial charge in [0, 0.05) is 13.1 Å². The summed E-state index contributed by atoms with van der Waals surface area (Å²) in [5.41, 5.74) is -0.626. The molecular weight excluding hydrogens is 425 g/mol. The summed E-state index contributed by atoms with van der Waals surface area (Å²) < 4.78 is 41.0. The van der Waals surface area contributed by atoms with Crippen LogP contribution in [0.2, 0.25) is 0 Å². The number of piperidine rings is 1. The number of halogens is 3. The summed E-state index contributed by atoms with van der Waals surface area (Å²) in [7, 11) is 0. The summed E-state index contributed by atoms with van der Waals surface area (Å²) in [4.78, 5) is 33.3. The van der Waals surface area contributed by atoms with Crippen molar-refractivity contribution in [1.82, 2.24) is 24.6 Å². The van der Waals surface area contributed by atoms with Gasteiger partial charge in [-0.2, -0.15) is 18.3 Å². The van der Waals surface area contributed by atoms with E-state index >= 15 is 0 Å². The second-order valence-electron chi connectivity index (χ2n) is 8.13. The number of nitrogens with zero attached hydrogens (tertiary/aromatic N) is 5. The third-order valence-corrected chi connectivity index (χ3v) is 5.93. The molecule has 3 heterocycles. The van der Waals surface area contributed by atoms with Crippen molar-refractivity contribution in [2.24, 2.45) is 0 Å². The van der Waals surface area contributed by atoms with Gasteiger partial charge < -0.3 is 10.2 Å². The van der Waals surface area contributed by atoms with Crippen LogP contribution in [0.25, 0.3) is 5.69 Å².